The molecule has 0 saturated heterocycles. The third-order valence-electron chi connectivity index (χ3n) is 4.44. The molecule has 2 nitrogen and oxygen atoms in total. The van der Waals surface area contributed by atoms with Gasteiger partial charge in [0.2, 0.25) is 0 Å². The summed E-state index contributed by atoms with van der Waals surface area (Å²) in [6.45, 7) is 10.2. The fourth-order valence-electron chi connectivity index (χ4n) is 2.80. The molecule has 112 valence electrons. The second-order valence-electron chi connectivity index (χ2n) is 6.98. The van der Waals surface area contributed by atoms with Crippen LogP contribution in [0.3, 0.4) is 0 Å². The molecule has 0 spiro atoms. The quantitative estimate of drug-likeness (QED) is 0.779. The number of nitrogens with one attached hydrogen (secondary N) is 1. The highest BCUT2D eigenvalue weighted by atomic mass is 15.1. The molecule has 1 unspecified atom stereocenters. The van der Waals surface area contributed by atoms with Crippen LogP contribution in [0.15, 0.2) is 24.3 Å². The summed E-state index contributed by atoms with van der Waals surface area (Å²) in [6, 6.07) is 9.66. The van der Waals surface area contributed by atoms with Gasteiger partial charge in [0.1, 0.15) is 0 Å². The van der Waals surface area contributed by atoms with E-state index < -0.39 is 0 Å². The number of nitrogens with zero attached hydrogens (tertiary/aromatic N) is 1. The smallest absolute Gasteiger partial charge is 0.0231 e. The predicted molar refractivity (Wildman–Crippen MR) is 86.9 cm³/mol. The number of benzene rings is 1. The van der Waals surface area contributed by atoms with Crippen LogP contribution in [0.2, 0.25) is 0 Å². The Morgan fingerprint density at radius 3 is 2.70 bits per heavy atom. The summed E-state index contributed by atoms with van der Waals surface area (Å²) in [5.74, 6) is 0. The van der Waals surface area contributed by atoms with Crippen molar-refractivity contribution in [2.75, 3.05) is 20.1 Å². The Kier molecular flexibility index (Phi) is 5.22. The molecule has 20 heavy (non-hydrogen) atoms. The summed E-state index contributed by atoms with van der Waals surface area (Å²) >= 11 is 0. The van der Waals surface area contributed by atoms with E-state index in [1.54, 1.807) is 0 Å². The third kappa shape index (κ3) is 4.92. The Bertz CT molecular complexity index is 425. The lowest BCUT2D eigenvalue weighted by Crippen LogP contribution is -2.41. The molecule has 0 amide bonds. The normalized spacial score (nSPS) is 18.2. The van der Waals surface area contributed by atoms with Gasteiger partial charge in [-0.1, -0.05) is 43.7 Å². The number of rotatable bonds is 8. The van der Waals surface area contributed by atoms with Gasteiger partial charge in [0.05, 0.1) is 0 Å². The van der Waals surface area contributed by atoms with E-state index in [9.17, 15) is 0 Å². The van der Waals surface area contributed by atoms with Crippen molar-refractivity contribution in [1.82, 2.24) is 10.2 Å². The summed E-state index contributed by atoms with van der Waals surface area (Å²) in [4.78, 5) is 2.47. The van der Waals surface area contributed by atoms with E-state index in [1.165, 1.54) is 30.4 Å². The van der Waals surface area contributed by atoms with Crippen LogP contribution in [0.1, 0.15) is 44.2 Å². The van der Waals surface area contributed by atoms with Crippen molar-refractivity contribution in [2.45, 2.75) is 52.6 Å². The summed E-state index contributed by atoms with van der Waals surface area (Å²) in [7, 11) is 2.24. The Morgan fingerprint density at radius 2 is 2.10 bits per heavy atom. The first-order valence-corrected chi connectivity index (χ1v) is 7.98. The van der Waals surface area contributed by atoms with Crippen molar-refractivity contribution in [3.8, 4) is 0 Å². The lowest BCUT2D eigenvalue weighted by atomic mass is 9.86. The number of aryl methyl sites for hydroxylation is 1. The first-order chi connectivity index (χ1) is 9.50. The van der Waals surface area contributed by atoms with Crippen LogP contribution >= 0.6 is 0 Å². The Labute approximate surface area is 124 Å². The largest absolute Gasteiger partial charge is 0.313 e. The predicted octanol–water partition coefficient (Wildman–Crippen LogP) is 3.60. The highest BCUT2D eigenvalue weighted by Crippen LogP contribution is 2.25. The van der Waals surface area contributed by atoms with E-state index in [4.69, 9.17) is 0 Å². The van der Waals surface area contributed by atoms with Gasteiger partial charge in [0, 0.05) is 25.7 Å². The average molecular weight is 274 g/mol. The SMILES string of the molecule is CCC(C)(CNC1CC1)CN(C)Cc1cccc(C)c1. The molecular weight excluding hydrogens is 244 g/mol. The molecule has 2 heteroatoms. The zero-order valence-electron chi connectivity index (χ0n) is 13.6. The highest BCUT2D eigenvalue weighted by molar-refractivity contribution is 5.22. The van der Waals surface area contributed by atoms with Crippen molar-refractivity contribution in [3.63, 3.8) is 0 Å². The first-order valence-electron chi connectivity index (χ1n) is 7.98. The molecular formula is C18H30N2. The van der Waals surface area contributed by atoms with E-state index >= 15 is 0 Å². The Morgan fingerprint density at radius 1 is 1.35 bits per heavy atom. The third-order valence-corrected chi connectivity index (χ3v) is 4.44. The monoisotopic (exact) mass is 274 g/mol. The molecule has 0 bridgehead atoms. The van der Waals surface area contributed by atoms with Crippen LogP contribution in [-0.4, -0.2) is 31.1 Å². The van der Waals surface area contributed by atoms with Gasteiger partial charge in [-0.2, -0.15) is 0 Å². The summed E-state index contributed by atoms with van der Waals surface area (Å²) in [6.07, 6.45) is 3.97. The topological polar surface area (TPSA) is 15.3 Å². The minimum absolute atomic E-state index is 0.376. The number of hydrogen-bond donors (Lipinski definition) is 1. The van der Waals surface area contributed by atoms with Crippen molar-refractivity contribution >= 4 is 0 Å². The molecule has 0 radical (unpaired) electrons. The van der Waals surface area contributed by atoms with Crippen molar-refractivity contribution in [1.29, 1.82) is 0 Å². The van der Waals surface area contributed by atoms with Crippen LogP contribution in [0, 0.1) is 12.3 Å². The van der Waals surface area contributed by atoms with Crippen LogP contribution < -0.4 is 5.32 Å². The Balaban J connectivity index is 1.85. The summed E-state index contributed by atoms with van der Waals surface area (Å²) < 4.78 is 0. The maximum atomic E-state index is 3.70. The van der Waals surface area contributed by atoms with Gasteiger partial charge in [-0.25, -0.2) is 0 Å². The lowest BCUT2D eigenvalue weighted by molar-refractivity contribution is 0.174. The maximum absolute atomic E-state index is 3.70. The Hall–Kier alpha value is -0.860. The van der Waals surface area contributed by atoms with Crippen molar-refractivity contribution in [3.05, 3.63) is 35.4 Å². The van der Waals surface area contributed by atoms with Crippen LogP contribution in [0.25, 0.3) is 0 Å². The van der Waals surface area contributed by atoms with Crippen LogP contribution in [-0.2, 0) is 6.54 Å². The van der Waals surface area contributed by atoms with Gasteiger partial charge < -0.3 is 10.2 Å². The van der Waals surface area contributed by atoms with Gasteiger partial charge in [0.25, 0.3) is 0 Å². The van der Waals surface area contributed by atoms with Crippen LogP contribution in [0.4, 0.5) is 0 Å². The fraction of sp³-hybridized carbons (Fsp3) is 0.667. The van der Waals surface area contributed by atoms with Gasteiger partial charge >= 0.3 is 0 Å². The standard InChI is InChI=1S/C18H30N2/c1-5-18(3,13-19-17-9-10-17)14-20(4)12-16-8-6-7-15(2)11-16/h6-8,11,17,19H,5,9-10,12-14H2,1-4H3. The van der Waals surface area contributed by atoms with E-state index in [0.29, 0.717) is 5.41 Å². The molecule has 1 fully saturated rings. The van der Waals surface area contributed by atoms with Gasteiger partial charge in [-0.3, -0.25) is 0 Å². The lowest BCUT2D eigenvalue weighted by Gasteiger charge is -2.33. The van der Waals surface area contributed by atoms with Gasteiger partial charge in [-0.15, -0.1) is 0 Å². The van der Waals surface area contributed by atoms with Crippen LogP contribution in [0.5, 0.6) is 0 Å². The van der Waals surface area contributed by atoms with Gasteiger partial charge in [0.15, 0.2) is 0 Å². The van der Waals surface area contributed by atoms with E-state index in [-0.39, 0.29) is 0 Å². The molecule has 1 aliphatic carbocycles. The fourth-order valence-corrected chi connectivity index (χ4v) is 2.80. The molecule has 0 aromatic heterocycles. The second kappa shape index (κ2) is 6.73. The zero-order valence-corrected chi connectivity index (χ0v) is 13.6. The van der Waals surface area contributed by atoms with Crippen molar-refractivity contribution in [2.24, 2.45) is 5.41 Å². The molecule has 1 aliphatic rings. The highest BCUT2D eigenvalue weighted by Gasteiger charge is 2.28. The zero-order chi connectivity index (χ0) is 14.6. The molecule has 1 atom stereocenters. The number of hydrogen-bond acceptors (Lipinski definition) is 2. The maximum Gasteiger partial charge on any atom is 0.0231 e. The summed E-state index contributed by atoms with van der Waals surface area (Å²) in [5, 5.41) is 3.70. The van der Waals surface area contributed by atoms with E-state index in [1.807, 2.05) is 0 Å². The molecule has 1 N–H and O–H groups in total. The first kappa shape index (κ1) is 15.5. The summed E-state index contributed by atoms with van der Waals surface area (Å²) in [5.41, 5.74) is 3.15. The van der Waals surface area contributed by atoms with Gasteiger partial charge in [-0.05, 0) is 44.2 Å². The molecule has 0 heterocycles. The molecule has 1 saturated carbocycles. The molecule has 1 aromatic carbocycles. The molecule has 0 aliphatic heterocycles. The molecule has 1 aromatic rings. The molecule has 2 rings (SSSR count). The minimum atomic E-state index is 0.376. The minimum Gasteiger partial charge on any atom is -0.313 e. The van der Waals surface area contributed by atoms with E-state index in [2.05, 4.69) is 62.3 Å². The van der Waals surface area contributed by atoms with Crippen molar-refractivity contribution < 1.29 is 0 Å². The second-order valence-corrected chi connectivity index (χ2v) is 6.98. The average Bonchev–Trinajstić information content (AvgIpc) is 3.20. The van der Waals surface area contributed by atoms with E-state index in [0.717, 1.165) is 25.7 Å².